The molecule has 1 aromatic heterocycles. The molecule has 4 rings (SSSR count). The lowest BCUT2D eigenvalue weighted by molar-refractivity contribution is -0.139. The fourth-order valence-electron chi connectivity index (χ4n) is 4.58. The van der Waals surface area contributed by atoms with Crippen molar-refractivity contribution in [3.63, 3.8) is 0 Å². The van der Waals surface area contributed by atoms with Crippen LogP contribution in [0.5, 0.6) is 5.75 Å². The predicted molar refractivity (Wildman–Crippen MR) is 123 cm³/mol. The average Bonchev–Trinajstić information content (AvgIpc) is 2.85. The molecule has 3 heterocycles. The number of aliphatic hydroxyl groups excluding tert-OH is 1. The number of aromatic nitrogens is 1. The Morgan fingerprint density at radius 2 is 1.47 bits per heavy atom. The maximum Gasteiger partial charge on any atom is 0.225 e. The second-order valence-electron chi connectivity index (χ2n) is 8.72. The predicted octanol–water partition coefficient (Wildman–Crippen LogP) is 2.01. The third-order valence-electron chi connectivity index (χ3n) is 6.47. The summed E-state index contributed by atoms with van der Waals surface area (Å²) in [5.74, 6) is 1.30. The summed E-state index contributed by atoms with van der Waals surface area (Å²) in [5, 5.41) is 8.84. The second-order valence-corrected chi connectivity index (χ2v) is 8.72. The Balaban J connectivity index is 1.18. The summed E-state index contributed by atoms with van der Waals surface area (Å²) in [4.78, 5) is 24.1. The lowest BCUT2D eigenvalue weighted by Crippen LogP contribution is -2.51. The Morgan fingerprint density at radius 1 is 0.875 bits per heavy atom. The van der Waals surface area contributed by atoms with Crippen LogP contribution in [0.3, 0.4) is 0 Å². The third-order valence-corrected chi connectivity index (χ3v) is 6.47. The van der Waals surface area contributed by atoms with Gasteiger partial charge in [-0.15, -0.1) is 0 Å². The van der Waals surface area contributed by atoms with Crippen LogP contribution in [0.15, 0.2) is 48.8 Å². The van der Waals surface area contributed by atoms with Crippen LogP contribution in [0.1, 0.15) is 24.0 Å². The molecule has 0 spiro atoms. The number of hydrogen-bond donors (Lipinski definition) is 1. The molecule has 0 bridgehead atoms. The van der Waals surface area contributed by atoms with Crippen molar-refractivity contribution in [3.05, 3.63) is 59.9 Å². The number of pyridine rings is 1. The zero-order chi connectivity index (χ0) is 22.2. The zero-order valence-electron chi connectivity index (χ0n) is 18.7. The number of rotatable bonds is 8. The van der Waals surface area contributed by atoms with Crippen molar-refractivity contribution in [3.8, 4) is 5.75 Å². The molecule has 0 aliphatic carbocycles. The lowest BCUT2D eigenvalue weighted by atomic mass is 9.94. The molecular formula is C25H34N4O3. The van der Waals surface area contributed by atoms with Crippen molar-refractivity contribution in [2.24, 2.45) is 5.92 Å². The van der Waals surface area contributed by atoms with Gasteiger partial charge < -0.3 is 14.7 Å². The molecule has 2 aliphatic rings. The van der Waals surface area contributed by atoms with Gasteiger partial charge in [-0.3, -0.25) is 19.6 Å². The van der Waals surface area contributed by atoms with Crippen molar-refractivity contribution in [2.75, 3.05) is 52.5 Å². The van der Waals surface area contributed by atoms with Crippen LogP contribution in [0, 0.1) is 5.92 Å². The van der Waals surface area contributed by atoms with Crippen LogP contribution in [0.25, 0.3) is 0 Å². The minimum Gasteiger partial charge on any atom is -0.491 e. The molecule has 0 unspecified atom stereocenters. The fourth-order valence-corrected chi connectivity index (χ4v) is 4.58. The van der Waals surface area contributed by atoms with E-state index in [-0.39, 0.29) is 12.5 Å². The Hall–Kier alpha value is -2.48. The molecule has 172 valence electrons. The minimum atomic E-state index is 0.0233. The Labute approximate surface area is 190 Å². The van der Waals surface area contributed by atoms with E-state index >= 15 is 0 Å². The summed E-state index contributed by atoms with van der Waals surface area (Å²) in [5.41, 5.74) is 2.52. The molecule has 2 aromatic rings. The van der Waals surface area contributed by atoms with Gasteiger partial charge in [0.15, 0.2) is 0 Å². The van der Waals surface area contributed by atoms with E-state index in [4.69, 9.17) is 9.84 Å². The summed E-state index contributed by atoms with van der Waals surface area (Å²) in [6.07, 6.45) is 5.59. The molecule has 1 amide bonds. The molecule has 0 saturated carbocycles. The van der Waals surface area contributed by atoms with Crippen LogP contribution in [0.2, 0.25) is 0 Å². The van der Waals surface area contributed by atoms with Crippen molar-refractivity contribution in [1.29, 1.82) is 0 Å². The number of likely N-dealkylation sites (tertiary alicyclic amines) is 1. The van der Waals surface area contributed by atoms with Crippen molar-refractivity contribution in [1.82, 2.24) is 19.7 Å². The van der Waals surface area contributed by atoms with Gasteiger partial charge in [-0.05, 0) is 61.3 Å². The number of carbonyl (C=O) groups excluding carboxylic acids is 1. The molecule has 2 aliphatic heterocycles. The topological polar surface area (TPSA) is 69.1 Å². The van der Waals surface area contributed by atoms with Gasteiger partial charge in [0.05, 0.1) is 6.61 Å². The van der Waals surface area contributed by atoms with Gasteiger partial charge in [0.1, 0.15) is 12.4 Å². The lowest BCUT2D eigenvalue weighted by Gasteiger charge is -2.38. The van der Waals surface area contributed by atoms with Gasteiger partial charge >= 0.3 is 0 Å². The van der Waals surface area contributed by atoms with E-state index in [1.54, 1.807) is 0 Å². The normalized spacial score (nSPS) is 18.6. The molecule has 1 aromatic carbocycles. The summed E-state index contributed by atoms with van der Waals surface area (Å²) < 4.78 is 5.42. The number of benzene rings is 1. The molecule has 7 heteroatoms. The first kappa shape index (κ1) is 22.7. The van der Waals surface area contributed by atoms with Crippen molar-refractivity contribution >= 4 is 5.91 Å². The number of amides is 1. The minimum absolute atomic E-state index is 0.0233. The monoisotopic (exact) mass is 438 g/mol. The first-order chi connectivity index (χ1) is 15.7. The standard InChI is InChI=1S/C25H34N4O3/c30-17-18-32-24-3-1-21(2-4-24)19-28-13-15-29(16-14-28)25(31)23-7-11-27(12-8-23)20-22-5-9-26-10-6-22/h1-6,9-10,23,30H,7-8,11-20H2. The average molecular weight is 439 g/mol. The van der Waals surface area contributed by atoms with Gasteiger partial charge in [-0.2, -0.15) is 0 Å². The van der Waals surface area contributed by atoms with Gasteiger partial charge in [0.2, 0.25) is 5.91 Å². The molecule has 7 nitrogen and oxygen atoms in total. The van der Waals surface area contributed by atoms with Crippen LogP contribution >= 0.6 is 0 Å². The molecular weight excluding hydrogens is 404 g/mol. The van der Waals surface area contributed by atoms with Crippen molar-refractivity contribution < 1.29 is 14.6 Å². The maximum atomic E-state index is 13.1. The van der Waals surface area contributed by atoms with Crippen LogP contribution < -0.4 is 4.74 Å². The highest BCUT2D eigenvalue weighted by Gasteiger charge is 2.30. The first-order valence-electron chi connectivity index (χ1n) is 11.7. The highest BCUT2D eigenvalue weighted by atomic mass is 16.5. The summed E-state index contributed by atoms with van der Waals surface area (Å²) in [7, 11) is 0. The van der Waals surface area contributed by atoms with E-state index in [1.165, 1.54) is 11.1 Å². The highest BCUT2D eigenvalue weighted by molar-refractivity contribution is 5.79. The number of piperidine rings is 1. The Bertz CT molecular complexity index is 830. The van der Waals surface area contributed by atoms with E-state index in [1.807, 2.05) is 24.5 Å². The largest absolute Gasteiger partial charge is 0.491 e. The van der Waals surface area contributed by atoms with E-state index < -0.39 is 0 Å². The van der Waals surface area contributed by atoms with E-state index in [0.717, 1.165) is 70.9 Å². The number of hydrogen-bond acceptors (Lipinski definition) is 6. The number of aliphatic hydroxyl groups is 1. The fraction of sp³-hybridized carbons (Fsp3) is 0.520. The smallest absolute Gasteiger partial charge is 0.225 e. The Kier molecular flexibility index (Phi) is 8.09. The number of ether oxygens (including phenoxy) is 1. The molecule has 0 radical (unpaired) electrons. The summed E-state index contributed by atoms with van der Waals surface area (Å²) in [6.45, 7) is 7.58. The number of nitrogens with zero attached hydrogens (tertiary/aromatic N) is 4. The first-order valence-corrected chi connectivity index (χ1v) is 11.7. The van der Waals surface area contributed by atoms with Crippen LogP contribution in [-0.4, -0.2) is 83.2 Å². The van der Waals surface area contributed by atoms with Gasteiger partial charge in [0, 0.05) is 57.6 Å². The second kappa shape index (κ2) is 11.4. The molecule has 0 atom stereocenters. The number of piperazine rings is 1. The Morgan fingerprint density at radius 3 is 2.09 bits per heavy atom. The third kappa shape index (κ3) is 6.28. The highest BCUT2D eigenvalue weighted by Crippen LogP contribution is 2.22. The maximum absolute atomic E-state index is 13.1. The molecule has 2 saturated heterocycles. The van der Waals surface area contributed by atoms with E-state index in [0.29, 0.717) is 12.5 Å². The molecule has 1 N–H and O–H groups in total. The molecule has 32 heavy (non-hydrogen) atoms. The van der Waals surface area contributed by atoms with Gasteiger partial charge in [0.25, 0.3) is 0 Å². The van der Waals surface area contributed by atoms with Gasteiger partial charge in [-0.1, -0.05) is 12.1 Å². The van der Waals surface area contributed by atoms with Crippen LogP contribution in [-0.2, 0) is 17.9 Å². The van der Waals surface area contributed by atoms with Crippen LogP contribution in [0.4, 0.5) is 0 Å². The van der Waals surface area contributed by atoms with Gasteiger partial charge in [-0.25, -0.2) is 0 Å². The molecule has 2 fully saturated rings. The van der Waals surface area contributed by atoms with E-state index in [9.17, 15) is 4.79 Å². The zero-order valence-corrected chi connectivity index (χ0v) is 18.7. The SMILES string of the molecule is O=C(C1CCN(Cc2ccncc2)CC1)N1CCN(Cc2ccc(OCCO)cc2)CC1. The number of carbonyl (C=O) groups is 1. The summed E-state index contributed by atoms with van der Waals surface area (Å²) >= 11 is 0. The van der Waals surface area contributed by atoms with Crippen molar-refractivity contribution in [2.45, 2.75) is 25.9 Å². The summed E-state index contributed by atoms with van der Waals surface area (Å²) in [6, 6.07) is 12.2. The quantitative estimate of drug-likeness (QED) is 0.680. The van der Waals surface area contributed by atoms with E-state index in [2.05, 4.69) is 43.9 Å².